The first-order valence-corrected chi connectivity index (χ1v) is 5.85. The van der Waals surface area contributed by atoms with Crippen molar-refractivity contribution in [3.05, 3.63) is 65.0 Å². The van der Waals surface area contributed by atoms with Crippen LogP contribution in [0.4, 0.5) is 10.1 Å². The highest BCUT2D eigenvalue weighted by atomic mass is 19.1. The van der Waals surface area contributed by atoms with Gasteiger partial charge in [-0.15, -0.1) is 0 Å². The number of nitrogens with two attached hydrogens (primary N) is 1. The maximum absolute atomic E-state index is 13.2. The van der Waals surface area contributed by atoms with Crippen molar-refractivity contribution in [3.8, 4) is 11.8 Å². The van der Waals surface area contributed by atoms with Crippen LogP contribution in [0.5, 0.6) is 0 Å². The molecule has 20 heavy (non-hydrogen) atoms. The molecule has 2 aromatic carbocycles. The summed E-state index contributed by atoms with van der Waals surface area (Å²) in [5.41, 5.74) is 7.19. The van der Waals surface area contributed by atoms with Gasteiger partial charge in [0.15, 0.2) is 0 Å². The molecule has 0 unspecified atom stereocenters. The lowest BCUT2D eigenvalue weighted by molar-refractivity contribution is 0.0600. The molecule has 0 fully saturated rings. The van der Waals surface area contributed by atoms with Crippen LogP contribution in [-0.2, 0) is 4.74 Å². The van der Waals surface area contributed by atoms with Crippen LogP contribution < -0.4 is 5.73 Å². The van der Waals surface area contributed by atoms with E-state index in [4.69, 9.17) is 5.73 Å². The molecule has 2 rings (SSSR count). The van der Waals surface area contributed by atoms with Crippen LogP contribution in [0.1, 0.15) is 21.5 Å². The second-order valence-corrected chi connectivity index (χ2v) is 4.06. The summed E-state index contributed by atoms with van der Waals surface area (Å²) < 4.78 is 17.8. The van der Waals surface area contributed by atoms with E-state index in [1.165, 1.54) is 19.2 Å². The summed E-state index contributed by atoms with van der Waals surface area (Å²) in [6, 6.07) is 11.1. The molecule has 4 heteroatoms. The maximum Gasteiger partial charge on any atom is 0.337 e. The zero-order valence-corrected chi connectivity index (χ0v) is 10.8. The van der Waals surface area contributed by atoms with Crippen LogP contribution in [0.3, 0.4) is 0 Å². The van der Waals surface area contributed by atoms with Gasteiger partial charge in [-0.1, -0.05) is 11.8 Å². The normalized spacial score (nSPS) is 9.50. The molecular formula is C16H12FNO2. The third-order valence-electron chi connectivity index (χ3n) is 2.66. The minimum atomic E-state index is -0.488. The number of halogens is 1. The highest BCUT2D eigenvalue weighted by Crippen LogP contribution is 2.11. The van der Waals surface area contributed by atoms with Gasteiger partial charge in [-0.25, -0.2) is 9.18 Å². The average molecular weight is 269 g/mol. The molecule has 0 amide bonds. The minimum Gasteiger partial charge on any atom is -0.465 e. The third-order valence-corrected chi connectivity index (χ3v) is 2.66. The van der Waals surface area contributed by atoms with Gasteiger partial charge in [-0.2, -0.15) is 0 Å². The summed E-state index contributed by atoms with van der Waals surface area (Å²) in [7, 11) is 1.33. The fourth-order valence-corrected chi connectivity index (χ4v) is 1.56. The monoisotopic (exact) mass is 269 g/mol. The molecule has 0 aliphatic carbocycles. The molecule has 3 nitrogen and oxygen atoms in total. The fourth-order valence-electron chi connectivity index (χ4n) is 1.56. The number of hydrogen-bond acceptors (Lipinski definition) is 3. The SMILES string of the molecule is COC(=O)c1ccc(C#Cc2ccc(N)c(F)c2)cc1. The molecule has 0 heterocycles. The number of rotatable bonds is 1. The molecule has 0 bridgehead atoms. The summed E-state index contributed by atoms with van der Waals surface area (Å²) in [6.45, 7) is 0. The highest BCUT2D eigenvalue weighted by Gasteiger charge is 2.03. The molecule has 0 atom stereocenters. The summed E-state index contributed by atoms with van der Waals surface area (Å²) in [5.74, 6) is 4.83. The third kappa shape index (κ3) is 3.15. The van der Waals surface area contributed by atoms with Crippen LogP contribution >= 0.6 is 0 Å². The Balaban J connectivity index is 2.20. The number of hydrogen-bond donors (Lipinski definition) is 1. The van der Waals surface area contributed by atoms with Crippen molar-refractivity contribution in [2.75, 3.05) is 12.8 Å². The molecule has 0 aliphatic heterocycles. The van der Waals surface area contributed by atoms with Gasteiger partial charge in [-0.3, -0.25) is 0 Å². The van der Waals surface area contributed by atoms with Crippen LogP contribution in [0.25, 0.3) is 0 Å². The van der Waals surface area contributed by atoms with Gasteiger partial charge < -0.3 is 10.5 Å². The average Bonchev–Trinajstić information content (AvgIpc) is 2.48. The number of carbonyl (C=O) groups is 1. The van der Waals surface area contributed by atoms with Crippen molar-refractivity contribution >= 4 is 11.7 Å². The molecule has 0 saturated carbocycles. The van der Waals surface area contributed by atoms with Gasteiger partial charge in [-0.05, 0) is 42.5 Å². The molecule has 0 aliphatic rings. The van der Waals surface area contributed by atoms with Crippen LogP contribution in [0, 0.1) is 17.7 Å². The highest BCUT2D eigenvalue weighted by molar-refractivity contribution is 5.89. The van der Waals surface area contributed by atoms with Crippen LogP contribution in [0.2, 0.25) is 0 Å². The first-order chi connectivity index (χ1) is 9.60. The van der Waals surface area contributed by atoms with Gasteiger partial charge in [0.25, 0.3) is 0 Å². The first-order valence-electron chi connectivity index (χ1n) is 5.85. The van der Waals surface area contributed by atoms with Crippen molar-refractivity contribution in [1.82, 2.24) is 0 Å². The van der Waals surface area contributed by atoms with E-state index in [0.29, 0.717) is 11.1 Å². The van der Waals surface area contributed by atoms with E-state index < -0.39 is 11.8 Å². The van der Waals surface area contributed by atoms with E-state index in [0.717, 1.165) is 5.56 Å². The summed E-state index contributed by atoms with van der Waals surface area (Å²) >= 11 is 0. The van der Waals surface area contributed by atoms with E-state index >= 15 is 0 Å². The fraction of sp³-hybridized carbons (Fsp3) is 0.0625. The quantitative estimate of drug-likeness (QED) is 0.492. The number of ether oxygens (including phenoxy) is 1. The molecule has 0 spiro atoms. The predicted octanol–water partition coefficient (Wildman–Crippen LogP) is 2.59. The Morgan fingerprint density at radius 3 is 2.30 bits per heavy atom. The Hall–Kier alpha value is -2.80. The topological polar surface area (TPSA) is 52.3 Å². The van der Waals surface area contributed by atoms with Crippen molar-refractivity contribution in [2.24, 2.45) is 0 Å². The summed E-state index contributed by atoms with van der Waals surface area (Å²) in [6.07, 6.45) is 0. The molecule has 0 radical (unpaired) electrons. The molecule has 2 aromatic rings. The van der Waals surface area contributed by atoms with Gasteiger partial charge in [0.05, 0.1) is 18.4 Å². The second-order valence-electron chi connectivity index (χ2n) is 4.06. The molecule has 100 valence electrons. The number of carbonyl (C=O) groups excluding carboxylic acids is 1. The zero-order valence-electron chi connectivity index (χ0n) is 10.8. The lowest BCUT2D eigenvalue weighted by Crippen LogP contribution is -2.00. The Morgan fingerprint density at radius 1 is 1.10 bits per heavy atom. The number of benzene rings is 2. The number of anilines is 1. The van der Waals surface area contributed by atoms with Crippen molar-refractivity contribution in [1.29, 1.82) is 0 Å². The first kappa shape index (κ1) is 13.6. The standard InChI is InChI=1S/C16H12FNO2/c1-20-16(19)13-7-4-11(5-8-13)2-3-12-6-9-15(18)14(17)10-12/h4-10H,18H2,1H3. The Kier molecular flexibility index (Phi) is 4.02. The molecule has 0 aromatic heterocycles. The summed E-state index contributed by atoms with van der Waals surface area (Å²) in [5, 5.41) is 0. The lowest BCUT2D eigenvalue weighted by atomic mass is 10.1. The predicted molar refractivity (Wildman–Crippen MR) is 74.6 cm³/mol. The Bertz CT molecular complexity index is 697. The number of methoxy groups -OCH3 is 1. The van der Waals surface area contributed by atoms with Crippen molar-refractivity contribution < 1.29 is 13.9 Å². The largest absolute Gasteiger partial charge is 0.465 e. The van der Waals surface area contributed by atoms with Gasteiger partial charge >= 0.3 is 5.97 Å². The molecule has 2 N–H and O–H groups in total. The van der Waals surface area contributed by atoms with Gasteiger partial charge in [0.1, 0.15) is 5.82 Å². The smallest absolute Gasteiger partial charge is 0.337 e. The lowest BCUT2D eigenvalue weighted by Gasteiger charge is -1.98. The van der Waals surface area contributed by atoms with E-state index in [1.54, 1.807) is 30.3 Å². The van der Waals surface area contributed by atoms with Crippen LogP contribution in [-0.4, -0.2) is 13.1 Å². The van der Waals surface area contributed by atoms with Gasteiger partial charge in [0.2, 0.25) is 0 Å². The van der Waals surface area contributed by atoms with E-state index in [9.17, 15) is 9.18 Å². The maximum atomic E-state index is 13.2. The number of esters is 1. The molecular weight excluding hydrogens is 257 g/mol. The summed E-state index contributed by atoms with van der Waals surface area (Å²) in [4.78, 5) is 11.3. The zero-order chi connectivity index (χ0) is 14.5. The Labute approximate surface area is 116 Å². The van der Waals surface area contributed by atoms with E-state index in [1.807, 2.05) is 0 Å². The van der Waals surface area contributed by atoms with Crippen molar-refractivity contribution in [2.45, 2.75) is 0 Å². The van der Waals surface area contributed by atoms with E-state index in [2.05, 4.69) is 16.6 Å². The minimum absolute atomic E-state index is 0.0954. The van der Waals surface area contributed by atoms with Crippen molar-refractivity contribution in [3.63, 3.8) is 0 Å². The van der Waals surface area contributed by atoms with Crippen LogP contribution in [0.15, 0.2) is 42.5 Å². The Morgan fingerprint density at radius 2 is 1.70 bits per heavy atom. The number of nitrogen functional groups attached to an aromatic ring is 1. The molecule has 0 saturated heterocycles. The second kappa shape index (κ2) is 5.89. The van der Waals surface area contributed by atoms with Gasteiger partial charge in [0, 0.05) is 11.1 Å². The van der Waals surface area contributed by atoms with E-state index in [-0.39, 0.29) is 5.69 Å².